The number of hydrogen-bond acceptors (Lipinski definition) is 3. The van der Waals surface area contributed by atoms with Crippen molar-refractivity contribution in [3.05, 3.63) is 35.4 Å². The number of rotatable bonds is 3. The van der Waals surface area contributed by atoms with Crippen LogP contribution in [0.3, 0.4) is 0 Å². The van der Waals surface area contributed by atoms with Gasteiger partial charge in [-0.15, -0.1) is 0 Å². The summed E-state index contributed by atoms with van der Waals surface area (Å²) >= 11 is 3.46. The lowest BCUT2D eigenvalue weighted by Crippen LogP contribution is -2.34. The van der Waals surface area contributed by atoms with Crippen LogP contribution in [-0.4, -0.2) is 28.9 Å². The fourth-order valence-electron chi connectivity index (χ4n) is 3.94. The molecule has 1 aromatic rings. The Kier molecular flexibility index (Phi) is 3.15. The van der Waals surface area contributed by atoms with Gasteiger partial charge >= 0.3 is 0 Å². The van der Waals surface area contributed by atoms with E-state index < -0.39 is 0 Å². The predicted octanol–water partition coefficient (Wildman–Crippen LogP) is 2.24. The van der Waals surface area contributed by atoms with Gasteiger partial charge in [-0.2, -0.15) is 0 Å². The fourth-order valence-corrected chi connectivity index (χ4v) is 4.49. The molecule has 2 amide bonds. The molecule has 0 radical (unpaired) electrons. The SMILES string of the molecule is O=C1C2C3CCC(O3)C2C(=O)N1Cc1ccccc1CBr. The van der Waals surface area contributed by atoms with Crippen LogP contribution < -0.4 is 0 Å². The standard InChI is InChI=1S/C16H16BrNO3/c17-7-9-3-1-2-4-10(9)8-18-15(19)13-11-5-6-12(21-11)14(13)16(18)20/h1-4,11-14H,5-8H2. The van der Waals surface area contributed by atoms with Crippen molar-refractivity contribution in [3.8, 4) is 0 Å². The molecule has 1 aromatic carbocycles. The first-order chi connectivity index (χ1) is 10.2. The largest absolute Gasteiger partial charge is 0.373 e. The molecule has 110 valence electrons. The molecule has 0 N–H and O–H groups in total. The van der Waals surface area contributed by atoms with Crippen molar-refractivity contribution in [1.82, 2.24) is 4.90 Å². The molecule has 3 aliphatic rings. The van der Waals surface area contributed by atoms with E-state index in [1.54, 1.807) is 0 Å². The molecule has 4 atom stereocenters. The van der Waals surface area contributed by atoms with Gasteiger partial charge in [0.1, 0.15) is 0 Å². The number of carbonyl (C=O) groups is 2. The third-order valence-corrected chi connectivity index (χ3v) is 5.57. The number of carbonyl (C=O) groups excluding carboxylic acids is 2. The smallest absolute Gasteiger partial charge is 0.236 e. The van der Waals surface area contributed by atoms with Crippen molar-refractivity contribution in [2.45, 2.75) is 36.9 Å². The van der Waals surface area contributed by atoms with Gasteiger partial charge < -0.3 is 4.74 Å². The molecule has 3 fully saturated rings. The average molecular weight is 350 g/mol. The van der Waals surface area contributed by atoms with Crippen molar-refractivity contribution in [2.75, 3.05) is 0 Å². The number of halogens is 1. The number of likely N-dealkylation sites (tertiary alicyclic amines) is 1. The Labute approximate surface area is 131 Å². The second-order valence-electron chi connectivity index (χ2n) is 6.01. The van der Waals surface area contributed by atoms with Gasteiger partial charge in [-0.3, -0.25) is 14.5 Å². The minimum Gasteiger partial charge on any atom is -0.373 e. The van der Waals surface area contributed by atoms with E-state index in [2.05, 4.69) is 15.9 Å². The zero-order chi connectivity index (χ0) is 14.6. The van der Waals surface area contributed by atoms with E-state index in [0.29, 0.717) is 6.54 Å². The second-order valence-corrected chi connectivity index (χ2v) is 6.57. The van der Waals surface area contributed by atoms with E-state index in [4.69, 9.17) is 4.74 Å². The first-order valence-electron chi connectivity index (χ1n) is 7.34. The maximum Gasteiger partial charge on any atom is 0.236 e. The zero-order valence-corrected chi connectivity index (χ0v) is 13.1. The van der Waals surface area contributed by atoms with Crippen LogP contribution in [0.1, 0.15) is 24.0 Å². The first-order valence-corrected chi connectivity index (χ1v) is 8.46. The minimum atomic E-state index is -0.229. The van der Waals surface area contributed by atoms with Crippen LogP contribution in [0.4, 0.5) is 0 Å². The van der Waals surface area contributed by atoms with Gasteiger partial charge in [0, 0.05) is 5.33 Å². The van der Waals surface area contributed by atoms with Crippen LogP contribution >= 0.6 is 15.9 Å². The van der Waals surface area contributed by atoms with Crippen LogP contribution in [0.2, 0.25) is 0 Å². The Hall–Kier alpha value is -1.20. The van der Waals surface area contributed by atoms with Crippen LogP contribution in [0.15, 0.2) is 24.3 Å². The molecule has 21 heavy (non-hydrogen) atoms. The third-order valence-electron chi connectivity index (χ3n) is 4.97. The molecule has 0 saturated carbocycles. The van der Waals surface area contributed by atoms with Gasteiger partial charge in [-0.25, -0.2) is 0 Å². The molecule has 4 nitrogen and oxygen atoms in total. The predicted molar refractivity (Wildman–Crippen MR) is 79.5 cm³/mol. The van der Waals surface area contributed by atoms with Gasteiger partial charge in [0.05, 0.1) is 30.6 Å². The normalized spacial score (nSPS) is 33.9. The summed E-state index contributed by atoms with van der Waals surface area (Å²) in [5.74, 6) is -0.539. The lowest BCUT2D eigenvalue weighted by Gasteiger charge is -2.19. The number of imide groups is 1. The molecule has 2 bridgehead atoms. The molecule has 3 saturated heterocycles. The van der Waals surface area contributed by atoms with Crippen LogP contribution in [0.25, 0.3) is 0 Å². The maximum atomic E-state index is 12.6. The molecular formula is C16H16BrNO3. The Bertz CT molecular complexity index is 589. The molecule has 0 aromatic heterocycles. The Morgan fingerprint density at radius 1 is 1.05 bits per heavy atom. The second kappa shape index (κ2) is 4.92. The molecule has 0 aliphatic carbocycles. The summed E-state index contributed by atoms with van der Waals surface area (Å²) < 4.78 is 5.75. The van der Waals surface area contributed by atoms with Gasteiger partial charge in [0.25, 0.3) is 0 Å². The van der Waals surface area contributed by atoms with Gasteiger partial charge in [0.15, 0.2) is 0 Å². The molecule has 3 heterocycles. The summed E-state index contributed by atoms with van der Waals surface area (Å²) in [6, 6.07) is 7.91. The fraction of sp³-hybridized carbons (Fsp3) is 0.500. The molecule has 5 heteroatoms. The van der Waals surface area contributed by atoms with Crippen LogP contribution in [0.5, 0.6) is 0 Å². The highest BCUT2D eigenvalue weighted by molar-refractivity contribution is 9.08. The van der Waals surface area contributed by atoms with Gasteiger partial charge in [-0.05, 0) is 24.0 Å². The van der Waals surface area contributed by atoms with Crippen molar-refractivity contribution in [1.29, 1.82) is 0 Å². The Morgan fingerprint density at radius 2 is 1.62 bits per heavy atom. The molecule has 0 spiro atoms. The van der Waals surface area contributed by atoms with Crippen molar-refractivity contribution in [3.63, 3.8) is 0 Å². The first kappa shape index (κ1) is 13.5. The number of alkyl halides is 1. The van der Waals surface area contributed by atoms with Crippen molar-refractivity contribution < 1.29 is 14.3 Å². The summed E-state index contributed by atoms with van der Waals surface area (Å²) in [5, 5.41) is 0.723. The number of ether oxygens (including phenoxy) is 1. The Balaban J connectivity index is 1.62. The lowest BCUT2D eigenvalue weighted by molar-refractivity contribution is -0.143. The maximum absolute atomic E-state index is 12.6. The highest BCUT2D eigenvalue weighted by Crippen LogP contribution is 2.48. The monoisotopic (exact) mass is 349 g/mol. The van der Waals surface area contributed by atoms with E-state index >= 15 is 0 Å². The minimum absolute atomic E-state index is 0.0344. The molecule has 4 rings (SSSR count). The third kappa shape index (κ3) is 1.90. The number of hydrogen-bond donors (Lipinski definition) is 0. The van der Waals surface area contributed by atoms with Crippen molar-refractivity contribution in [2.24, 2.45) is 11.8 Å². The van der Waals surface area contributed by atoms with Crippen molar-refractivity contribution >= 4 is 27.7 Å². The zero-order valence-electron chi connectivity index (χ0n) is 11.5. The quantitative estimate of drug-likeness (QED) is 0.621. The van der Waals surface area contributed by atoms with E-state index in [1.165, 1.54) is 4.90 Å². The lowest BCUT2D eigenvalue weighted by atomic mass is 9.81. The molecule has 4 unspecified atom stereocenters. The van der Waals surface area contributed by atoms with E-state index in [0.717, 1.165) is 29.3 Å². The average Bonchev–Trinajstić information content (AvgIpc) is 3.17. The summed E-state index contributed by atoms with van der Waals surface area (Å²) in [6.07, 6.45) is 1.76. The number of nitrogens with zero attached hydrogens (tertiary/aromatic N) is 1. The molecule has 3 aliphatic heterocycles. The van der Waals surface area contributed by atoms with E-state index in [-0.39, 0.29) is 35.9 Å². The topological polar surface area (TPSA) is 46.6 Å². The number of fused-ring (bicyclic) bond motifs is 5. The van der Waals surface area contributed by atoms with Gasteiger partial charge in [-0.1, -0.05) is 40.2 Å². The van der Waals surface area contributed by atoms with E-state index in [9.17, 15) is 9.59 Å². The summed E-state index contributed by atoms with van der Waals surface area (Å²) in [4.78, 5) is 26.7. The summed E-state index contributed by atoms with van der Waals surface area (Å²) in [5.41, 5.74) is 2.15. The van der Waals surface area contributed by atoms with Gasteiger partial charge in [0.2, 0.25) is 11.8 Å². The molecular weight excluding hydrogens is 334 g/mol. The highest BCUT2D eigenvalue weighted by atomic mass is 79.9. The highest BCUT2D eigenvalue weighted by Gasteiger charge is 2.62. The Morgan fingerprint density at radius 3 is 2.19 bits per heavy atom. The van der Waals surface area contributed by atoms with Crippen LogP contribution in [0, 0.1) is 11.8 Å². The summed E-state index contributed by atoms with van der Waals surface area (Å²) in [6.45, 7) is 0.381. The number of benzene rings is 1. The number of amides is 2. The van der Waals surface area contributed by atoms with E-state index in [1.807, 2.05) is 24.3 Å². The summed E-state index contributed by atoms with van der Waals surface area (Å²) in [7, 11) is 0. The van der Waals surface area contributed by atoms with Crippen LogP contribution in [-0.2, 0) is 26.2 Å².